The summed E-state index contributed by atoms with van der Waals surface area (Å²) in [4.78, 5) is 0. The fourth-order valence-electron chi connectivity index (χ4n) is 1.61. The molecule has 0 amide bonds. The predicted octanol–water partition coefficient (Wildman–Crippen LogP) is 3.67. The number of benzene rings is 2. The normalized spacial score (nSPS) is 12.5. The Kier molecular flexibility index (Phi) is 3.41. The highest BCUT2D eigenvalue weighted by atomic mass is 35.5. The quantitative estimate of drug-likeness (QED) is 0.868. The van der Waals surface area contributed by atoms with E-state index in [0.717, 1.165) is 0 Å². The maximum atomic E-state index is 13.3. The Balaban J connectivity index is 2.40. The molecule has 2 rings (SSSR count). The van der Waals surface area contributed by atoms with Gasteiger partial charge < -0.3 is 5.73 Å². The van der Waals surface area contributed by atoms with Gasteiger partial charge in [-0.25, -0.2) is 8.78 Å². The van der Waals surface area contributed by atoms with Crippen LogP contribution >= 0.6 is 11.6 Å². The summed E-state index contributed by atoms with van der Waals surface area (Å²) in [6.45, 7) is 0. The molecule has 0 saturated heterocycles. The Morgan fingerprint density at radius 1 is 1.00 bits per heavy atom. The van der Waals surface area contributed by atoms with Crippen LogP contribution in [0, 0.1) is 11.6 Å². The second-order valence-corrected chi connectivity index (χ2v) is 4.05. The van der Waals surface area contributed by atoms with Crippen molar-refractivity contribution in [1.29, 1.82) is 0 Å². The van der Waals surface area contributed by atoms with Crippen LogP contribution in [0.5, 0.6) is 0 Å². The molecule has 0 bridgehead atoms. The van der Waals surface area contributed by atoms with Crippen LogP contribution in [0.25, 0.3) is 0 Å². The summed E-state index contributed by atoms with van der Waals surface area (Å²) in [5.41, 5.74) is 7.13. The van der Waals surface area contributed by atoms with Gasteiger partial charge in [-0.05, 0) is 29.3 Å². The molecule has 0 fully saturated rings. The summed E-state index contributed by atoms with van der Waals surface area (Å²) in [6.07, 6.45) is 0. The lowest BCUT2D eigenvalue weighted by Crippen LogP contribution is -2.12. The van der Waals surface area contributed by atoms with E-state index in [1.165, 1.54) is 18.2 Å². The van der Waals surface area contributed by atoms with E-state index in [1.54, 1.807) is 24.3 Å². The van der Waals surface area contributed by atoms with Gasteiger partial charge >= 0.3 is 0 Å². The van der Waals surface area contributed by atoms with Crippen molar-refractivity contribution >= 4 is 11.6 Å². The average molecular weight is 254 g/mol. The summed E-state index contributed by atoms with van der Waals surface area (Å²) in [7, 11) is 0. The zero-order valence-corrected chi connectivity index (χ0v) is 9.59. The van der Waals surface area contributed by atoms with Crippen LogP contribution in [0.1, 0.15) is 17.2 Å². The molecule has 1 unspecified atom stereocenters. The molecular weight excluding hydrogens is 244 g/mol. The van der Waals surface area contributed by atoms with Crippen LogP contribution < -0.4 is 5.73 Å². The minimum absolute atomic E-state index is 0.00400. The van der Waals surface area contributed by atoms with E-state index in [9.17, 15) is 8.78 Å². The minimum atomic E-state index is -0.571. The molecule has 2 aromatic carbocycles. The summed E-state index contributed by atoms with van der Waals surface area (Å²) in [5.74, 6) is -0.854. The Morgan fingerprint density at radius 3 is 2.29 bits per heavy atom. The van der Waals surface area contributed by atoms with Gasteiger partial charge in [0.15, 0.2) is 0 Å². The van der Waals surface area contributed by atoms with Crippen LogP contribution in [0.2, 0.25) is 5.02 Å². The second kappa shape index (κ2) is 4.82. The van der Waals surface area contributed by atoms with Crippen molar-refractivity contribution in [2.45, 2.75) is 6.04 Å². The van der Waals surface area contributed by atoms with Crippen LogP contribution in [0.3, 0.4) is 0 Å². The first-order chi connectivity index (χ1) is 8.09. The summed E-state index contributed by atoms with van der Waals surface area (Å²) in [6, 6.07) is 9.62. The van der Waals surface area contributed by atoms with Gasteiger partial charge in [0.2, 0.25) is 0 Å². The minimum Gasteiger partial charge on any atom is -0.320 e. The molecule has 0 aliphatic heterocycles. The molecule has 0 aliphatic carbocycles. The van der Waals surface area contributed by atoms with E-state index >= 15 is 0 Å². The first-order valence-electron chi connectivity index (χ1n) is 5.04. The molecular formula is C13H10ClF2N. The van der Waals surface area contributed by atoms with Crippen LogP contribution in [-0.4, -0.2) is 0 Å². The lowest BCUT2D eigenvalue weighted by atomic mass is 9.99. The molecule has 1 nitrogen and oxygen atoms in total. The van der Waals surface area contributed by atoms with Gasteiger partial charge in [-0.15, -0.1) is 0 Å². The zero-order chi connectivity index (χ0) is 12.4. The van der Waals surface area contributed by atoms with E-state index in [-0.39, 0.29) is 10.8 Å². The van der Waals surface area contributed by atoms with Crippen molar-refractivity contribution in [3.8, 4) is 0 Å². The summed E-state index contributed by atoms with van der Waals surface area (Å²) < 4.78 is 26.0. The lowest BCUT2D eigenvalue weighted by Gasteiger charge is -2.14. The zero-order valence-electron chi connectivity index (χ0n) is 8.83. The fourth-order valence-corrected chi connectivity index (χ4v) is 1.85. The highest BCUT2D eigenvalue weighted by Gasteiger charge is 2.14. The van der Waals surface area contributed by atoms with E-state index in [4.69, 9.17) is 17.3 Å². The first-order valence-corrected chi connectivity index (χ1v) is 5.42. The number of hydrogen-bond donors (Lipinski definition) is 1. The van der Waals surface area contributed by atoms with Gasteiger partial charge in [-0.2, -0.15) is 0 Å². The smallest absolute Gasteiger partial charge is 0.142 e. The van der Waals surface area contributed by atoms with Gasteiger partial charge in [0.05, 0.1) is 11.1 Å². The number of rotatable bonds is 2. The first kappa shape index (κ1) is 12.0. The standard InChI is InChI=1S/C13H10ClF2N/c14-12-10(2-1-3-11(12)16)13(17)8-4-6-9(15)7-5-8/h1-7,13H,17H2. The molecule has 88 valence electrons. The van der Waals surface area contributed by atoms with Gasteiger partial charge in [0.25, 0.3) is 0 Å². The summed E-state index contributed by atoms with van der Waals surface area (Å²) in [5, 5.41) is 0.00400. The maximum Gasteiger partial charge on any atom is 0.142 e. The summed E-state index contributed by atoms with van der Waals surface area (Å²) >= 11 is 5.84. The number of nitrogens with two attached hydrogens (primary N) is 1. The largest absolute Gasteiger partial charge is 0.320 e. The van der Waals surface area contributed by atoms with E-state index in [1.807, 2.05) is 0 Å². The maximum absolute atomic E-state index is 13.3. The molecule has 2 N–H and O–H groups in total. The van der Waals surface area contributed by atoms with Crippen molar-refractivity contribution in [2.75, 3.05) is 0 Å². The third-order valence-corrected chi connectivity index (χ3v) is 2.94. The van der Waals surface area contributed by atoms with Crippen LogP contribution in [0.15, 0.2) is 42.5 Å². The second-order valence-electron chi connectivity index (χ2n) is 3.67. The molecule has 0 aliphatic rings. The monoisotopic (exact) mass is 253 g/mol. The molecule has 0 spiro atoms. The molecule has 4 heteroatoms. The molecule has 2 aromatic rings. The Hall–Kier alpha value is -1.45. The lowest BCUT2D eigenvalue weighted by molar-refractivity contribution is 0.622. The average Bonchev–Trinajstić information content (AvgIpc) is 2.33. The fraction of sp³-hybridized carbons (Fsp3) is 0.0769. The predicted molar refractivity (Wildman–Crippen MR) is 63.8 cm³/mol. The Bertz CT molecular complexity index is 525. The molecule has 17 heavy (non-hydrogen) atoms. The van der Waals surface area contributed by atoms with Crippen LogP contribution in [0.4, 0.5) is 8.78 Å². The van der Waals surface area contributed by atoms with Gasteiger partial charge in [-0.3, -0.25) is 0 Å². The highest BCUT2D eigenvalue weighted by molar-refractivity contribution is 6.31. The van der Waals surface area contributed by atoms with Crippen molar-refractivity contribution < 1.29 is 8.78 Å². The molecule has 1 atom stereocenters. The van der Waals surface area contributed by atoms with Crippen molar-refractivity contribution in [3.63, 3.8) is 0 Å². The van der Waals surface area contributed by atoms with Crippen molar-refractivity contribution in [1.82, 2.24) is 0 Å². The topological polar surface area (TPSA) is 26.0 Å². The van der Waals surface area contributed by atoms with Crippen molar-refractivity contribution in [2.24, 2.45) is 5.73 Å². The Morgan fingerprint density at radius 2 is 1.65 bits per heavy atom. The third kappa shape index (κ3) is 2.46. The number of hydrogen-bond acceptors (Lipinski definition) is 1. The van der Waals surface area contributed by atoms with Crippen molar-refractivity contribution in [3.05, 3.63) is 70.2 Å². The van der Waals surface area contributed by atoms with Gasteiger partial charge in [-0.1, -0.05) is 35.9 Å². The molecule has 0 saturated carbocycles. The Labute approximate surface area is 103 Å². The third-order valence-electron chi connectivity index (χ3n) is 2.55. The molecule has 0 aromatic heterocycles. The van der Waals surface area contributed by atoms with Crippen LogP contribution in [-0.2, 0) is 0 Å². The van der Waals surface area contributed by atoms with E-state index in [2.05, 4.69) is 0 Å². The van der Waals surface area contributed by atoms with E-state index in [0.29, 0.717) is 11.1 Å². The van der Waals surface area contributed by atoms with E-state index < -0.39 is 11.9 Å². The SMILES string of the molecule is NC(c1ccc(F)cc1)c1cccc(F)c1Cl. The highest BCUT2D eigenvalue weighted by Crippen LogP contribution is 2.28. The van der Waals surface area contributed by atoms with Gasteiger partial charge in [0, 0.05) is 0 Å². The molecule has 0 heterocycles. The van der Waals surface area contributed by atoms with Gasteiger partial charge in [0.1, 0.15) is 11.6 Å². The molecule has 0 radical (unpaired) electrons. The number of halogens is 3.